The molecule has 0 spiro atoms. The number of benzene rings is 1. The van der Waals surface area contributed by atoms with Crippen molar-refractivity contribution in [3.05, 3.63) is 29.8 Å². The molecule has 1 aromatic rings. The van der Waals surface area contributed by atoms with Crippen LogP contribution in [-0.2, 0) is 4.79 Å². The zero-order chi connectivity index (χ0) is 11.1. The molecule has 1 unspecified atom stereocenters. The second-order valence-corrected chi connectivity index (χ2v) is 4.94. The smallest absolute Gasteiger partial charge is 0.257 e. The first-order valence-electron chi connectivity index (χ1n) is 5.10. The number of amides is 2. The van der Waals surface area contributed by atoms with Crippen molar-refractivity contribution in [2.24, 2.45) is 0 Å². The van der Waals surface area contributed by atoms with E-state index >= 15 is 0 Å². The Balaban J connectivity index is 2.11. The lowest BCUT2D eigenvalue weighted by molar-refractivity contribution is -0.117. The highest BCUT2D eigenvalue weighted by Gasteiger charge is 2.38. The summed E-state index contributed by atoms with van der Waals surface area (Å²) in [7, 11) is 0. The van der Waals surface area contributed by atoms with Crippen LogP contribution in [0.5, 0.6) is 0 Å². The number of carbonyl (C=O) groups excluding carboxylic acids is 2. The number of thioether (sulfide) groups is 1. The van der Waals surface area contributed by atoms with Crippen LogP contribution in [0.25, 0.3) is 0 Å². The number of hydrogen-bond donors (Lipinski definition) is 1. The van der Waals surface area contributed by atoms with Gasteiger partial charge in [0.15, 0.2) is 5.37 Å². The van der Waals surface area contributed by atoms with Crippen molar-refractivity contribution in [3.63, 3.8) is 0 Å². The average molecular weight is 234 g/mol. The molecule has 4 nitrogen and oxygen atoms in total. The van der Waals surface area contributed by atoms with Crippen LogP contribution in [-0.4, -0.2) is 34.4 Å². The van der Waals surface area contributed by atoms with Gasteiger partial charge in [-0.05, 0) is 12.1 Å². The molecule has 1 aromatic carbocycles. The molecule has 1 fully saturated rings. The maximum absolute atomic E-state index is 12.2. The van der Waals surface area contributed by atoms with Gasteiger partial charge in [-0.25, -0.2) is 0 Å². The van der Waals surface area contributed by atoms with Crippen LogP contribution in [0.1, 0.15) is 10.4 Å². The predicted molar refractivity (Wildman–Crippen MR) is 62.4 cm³/mol. The molecule has 16 heavy (non-hydrogen) atoms. The third-order valence-electron chi connectivity index (χ3n) is 2.79. The fourth-order valence-corrected chi connectivity index (χ4v) is 3.14. The summed E-state index contributed by atoms with van der Waals surface area (Å²) in [6.45, 7) is 0.649. The van der Waals surface area contributed by atoms with Crippen molar-refractivity contribution in [2.45, 2.75) is 5.37 Å². The zero-order valence-electron chi connectivity index (χ0n) is 8.47. The van der Waals surface area contributed by atoms with Gasteiger partial charge in [0, 0.05) is 12.3 Å². The van der Waals surface area contributed by atoms with E-state index in [1.54, 1.807) is 17.0 Å². The Hall–Kier alpha value is -1.49. The monoisotopic (exact) mass is 234 g/mol. The van der Waals surface area contributed by atoms with Gasteiger partial charge in [0.2, 0.25) is 0 Å². The van der Waals surface area contributed by atoms with Crippen LogP contribution in [0.15, 0.2) is 24.3 Å². The Kier molecular flexibility index (Phi) is 2.14. The lowest BCUT2D eigenvalue weighted by Gasteiger charge is -2.18. The number of nitrogens with one attached hydrogen (secondary N) is 1. The molecule has 0 aromatic heterocycles. The summed E-state index contributed by atoms with van der Waals surface area (Å²) in [4.78, 5) is 25.7. The number of carbonyl (C=O) groups is 2. The van der Waals surface area contributed by atoms with Crippen LogP contribution < -0.4 is 5.32 Å². The fraction of sp³-hybridized carbons (Fsp3) is 0.273. The molecule has 1 atom stereocenters. The lowest BCUT2D eigenvalue weighted by Crippen LogP contribution is -2.39. The third kappa shape index (κ3) is 1.31. The van der Waals surface area contributed by atoms with Gasteiger partial charge in [-0.15, -0.1) is 11.8 Å². The minimum atomic E-state index is -0.361. The minimum absolute atomic E-state index is 0.0519. The number of anilines is 1. The van der Waals surface area contributed by atoms with Gasteiger partial charge in [-0.2, -0.15) is 0 Å². The Morgan fingerprint density at radius 2 is 2.12 bits per heavy atom. The molecule has 5 heteroatoms. The largest absolute Gasteiger partial charge is 0.323 e. The van der Waals surface area contributed by atoms with Crippen LogP contribution in [0.2, 0.25) is 0 Å². The van der Waals surface area contributed by atoms with E-state index in [4.69, 9.17) is 0 Å². The summed E-state index contributed by atoms with van der Waals surface area (Å²) in [5, 5.41) is 2.44. The van der Waals surface area contributed by atoms with Gasteiger partial charge < -0.3 is 10.2 Å². The van der Waals surface area contributed by atoms with E-state index in [2.05, 4.69) is 5.32 Å². The molecular weight excluding hydrogens is 224 g/mol. The zero-order valence-corrected chi connectivity index (χ0v) is 9.29. The minimum Gasteiger partial charge on any atom is -0.323 e. The number of nitrogens with zero attached hydrogens (tertiary/aromatic N) is 1. The third-order valence-corrected chi connectivity index (χ3v) is 3.99. The molecule has 2 aliphatic heterocycles. The number of rotatable bonds is 0. The van der Waals surface area contributed by atoms with Crippen LogP contribution in [0.4, 0.5) is 5.69 Å². The number of para-hydroxylation sites is 1. The molecule has 0 bridgehead atoms. The maximum Gasteiger partial charge on any atom is 0.257 e. The van der Waals surface area contributed by atoms with Crippen LogP contribution in [0.3, 0.4) is 0 Å². The Labute approximate surface area is 97.0 Å². The molecule has 0 saturated carbocycles. The lowest BCUT2D eigenvalue weighted by atomic mass is 10.1. The topological polar surface area (TPSA) is 49.4 Å². The van der Waals surface area contributed by atoms with Gasteiger partial charge in [-0.1, -0.05) is 12.1 Å². The second-order valence-electron chi connectivity index (χ2n) is 3.76. The average Bonchev–Trinajstić information content (AvgIpc) is 2.74. The van der Waals surface area contributed by atoms with Gasteiger partial charge in [0.25, 0.3) is 11.8 Å². The van der Waals surface area contributed by atoms with E-state index in [9.17, 15) is 9.59 Å². The Morgan fingerprint density at radius 1 is 1.31 bits per heavy atom. The van der Waals surface area contributed by atoms with Crippen LogP contribution in [0, 0.1) is 0 Å². The highest BCUT2D eigenvalue weighted by molar-refractivity contribution is 8.00. The summed E-state index contributed by atoms with van der Waals surface area (Å²) >= 11 is 1.52. The van der Waals surface area contributed by atoms with Gasteiger partial charge in [-0.3, -0.25) is 9.59 Å². The normalized spacial score (nSPS) is 23.5. The number of fused-ring (bicyclic) bond motifs is 2. The maximum atomic E-state index is 12.2. The summed E-state index contributed by atoms with van der Waals surface area (Å²) in [5.74, 6) is 0.677. The molecule has 3 rings (SSSR count). The Morgan fingerprint density at radius 3 is 3.00 bits per heavy atom. The highest BCUT2D eigenvalue weighted by atomic mass is 32.2. The molecule has 2 amide bonds. The molecular formula is C11H10N2O2S. The van der Waals surface area contributed by atoms with Crippen molar-refractivity contribution in [1.82, 2.24) is 4.90 Å². The van der Waals surface area contributed by atoms with Crippen molar-refractivity contribution in [2.75, 3.05) is 17.6 Å². The van der Waals surface area contributed by atoms with Crippen molar-refractivity contribution < 1.29 is 9.59 Å². The first kappa shape index (κ1) is 9.72. The van der Waals surface area contributed by atoms with E-state index < -0.39 is 0 Å². The van der Waals surface area contributed by atoms with E-state index in [0.717, 1.165) is 5.75 Å². The predicted octanol–water partition coefficient (Wildman–Crippen LogP) is 1.15. The SMILES string of the molecule is O=C1Nc2ccccc2C(=O)N2CCSC12. The number of hydrogen-bond acceptors (Lipinski definition) is 3. The molecule has 1 N–H and O–H groups in total. The molecule has 0 radical (unpaired) electrons. The highest BCUT2D eigenvalue weighted by Crippen LogP contribution is 2.31. The van der Waals surface area contributed by atoms with Crippen LogP contribution >= 0.6 is 11.8 Å². The molecule has 82 valence electrons. The molecule has 2 heterocycles. The standard InChI is InChI=1S/C11H10N2O2S/c14-9-11-13(5-6-16-11)10(15)7-3-1-2-4-8(7)12-9/h1-4,11H,5-6H2,(H,12,14). The quantitative estimate of drug-likeness (QED) is 0.732. The molecule has 0 aliphatic carbocycles. The van der Waals surface area contributed by atoms with Crippen molar-refractivity contribution >= 4 is 29.3 Å². The first-order chi connectivity index (χ1) is 7.77. The summed E-state index contributed by atoms with van der Waals surface area (Å²) in [5.41, 5.74) is 1.20. The van der Waals surface area contributed by atoms with E-state index in [0.29, 0.717) is 17.8 Å². The Bertz CT molecular complexity index is 475. The first-order valence-corrected chi connectivity index (χ1v) is 6.15. The summed E-state index contributed by atoms with van der Waals surface area (Å²) in [6, 6.07) is 7.14. The summed E-state index contributed by atoms with van der Waals surface area (Å²) in [6.07, 6.45) is 0. The molecule has 1 saturated heterocycles. The van der Waals surface area contributed by atoms with Crippen molar-refractivity contribution in [3.8, 4) is 0 Å². The van der Waals surface area contributed by atoms with Gasteiger partial charge >= 0.3 is 0 Å². The van der Waals surface area contributed by atoms with Crippen molar-refractivity contribution in [1.29, 1.82) is 0 Å². The summed E-state index contributed by atoms with van der Waals surface area (Å²) < 4.78 is 0. The van der Waals surface area contributed by atoms with E-state index in [1.165, 1.54) is 11.8 Å². The second kappa shape index (κ2) is 3.52. The molecule has 2 aliphatic rings. The fourth-order valence-electron chi connectivity index (χ4n) is 2.02. The van der Waals surface area contributed by atoms with E-state index in [-0.39, 0.29) is 17.2 Å². The van der Waals surface area contributed by atoms with Gasteiger partial charge in [0.1, 0.15) is 0 Å². The van der Waals surface area contributed by atoms with E-state index in [1.807, 2.05) is 12.1 Å². The van der Waals surface area contributed by atoms with Gasteiger partial charge in [0.05, 0.1) is 11.3 Å².